The number of nitrogens with one attached hydrogen (secondary N) is 2. The molecule has 35 heavy (non-hydrogen) atoms. The van der Waals surface area contributed by atoms with Gasteiger partial charge < -0.3 is 15.4 Å². The Balaban J connectivity index is 1.56. The lowest BCUT2D eigenvalue weighted by Gasteiger charge is -2.13. The number of ether oxygens (including phenoxy) is 1. The standard InChI is InChI=1S/C25H28Cl2N4O2S2/c1-14-22(15(2)31(30-14)13-17-18(26)10-8-11-19(17)27)28-25(34)29-23-21(24(32)33-3)16-9-6-4-5-7-12-20(16)35-23/h8,10-11H,4-7,9,12-13H2,1-3H3,(H2,28,29,34). The molecule has 0 saturated carbocycles. The second-order valence-corrected chi connectivity index (χ2v) is 10.9. The number of nitrogens with zero attached hydrogens (tertiary/aromatic N) is 2. The third-order valence-corrected chi connectivity index (χ3v) is 8.40. The molecule has 0 radical (unpaired) electrons. The van der Waals surface area contributed by atoms with Crippen molar-refractivity contribution in [2.75, 3.05) is 17.7 Å². The van der Waals surface area contributed by atoms with Crippen molar-refractivity contribution in [3.05, 3.63) is 61.2 Å². The highest BCUT2D eigenvalue weighted by atomic mass is 35.5. The van der Waals surface area contributed by atoms with Crippen LogP contribution in [-0.2, 0) is 24.1 Å². The van der Waals surface area contributed by atoms with Crippen LogP contribution in [0.5, 0.6) is 0 Å². The van der Waals surface area contributed by atoms with E-state index in [1.54, 1.807) is 11.3 Å². The summed E-state index contributed by atoms with van der Waals surface area (Å²) in [6, 6.07) is 5.45. The van der Waals surface area contributed by atoms with Gasteiger partial charge in [-0.25, -0.2) is 4.79 Å². The van der Waals surface area contributed by atoms with Crippen molar-refractivity contribution < 1.29 is 9.53 Å². The summed E-state index contributed by atoms with van der Waals surface area (Å²) in [5.74, 6) is -0.329. The zero-order valence-corrected chi connectivity index (χ0v) is 23.1. The fraction of sp³-hybridized carbons (Fsp3) is 0.400. The van der Waals surface area contributed by atoms with Crippen LogP contribution in [-0.4, -0.2) is 28.0 Å². The maximum Gasteiger partial charge on any atom is 0.341 e. The molecule has 2 N–H and O–H groups in total. The first kappa shape index (κ1) is 25.9. The number of rotatable bonds is 5. The van der Waals surface area contributed by atoms with Crippen LogP contribution in [0.4, 0.5) is 10.7 Å². The summed E-state index contributed by atoms with van der Waals surface area (Å²) in [4.78, 5) is 13.9. The Morgan fingerprint density at radius 1 is 1.14 bits per heavy atom. The van der Waals surface area contributed by atoms with Gasteiger partial charge in [0.2, 0.25) is 0 Å². The number of thiocarbonyl (C=S) groups is 1. The predicted octanol–water partition coefficient (Wildman–Crippen LogP) is 7.17. The van der Waals surface area contributed by atoms with Gasteiger partial charge in [-0.2, -0.15) is 5.10 Å². The second kappa shape index (κ2) is 11.3. The van der Waals surface area contributed by atoms with E-state index in [4.69, 9.17) is 40.2 Å². The Labute approximate surface area is 225 Å². The molecule has 0 amide bonds. The Hall–Kier alpha value is -2.13. The van der Waals surface area contributed by atoms with Gasteiger partial charge in [-0.15, -0.1) is 11.3 Å². The molecule has 0 aliphatic heterocycles. The van der Waals surface area contributed by atoms with Gasteiger partial charge in [0.25, 0.3) is 0 Å². The van der Waals surface area contributed by atoms with E-state index in [1.807, 2.05) is 36.7 Å². The lowest BCUT2D eigenvalue weighted by Crippen LogP contribution is -2.21. The number of thiophene rings is 1. The quantitative estimate of drug-likeness (QED) is 0.259. The van der Waals surface area contributed by atoms with E-state index >= 15 is 0 Å². The first-order chi connectivity index (χ1) is 16.8. The van der Waals surface area contributed by atoms with Gasteiger partial charge in [0.1, 0.15) is 5.00 Å². The Morgan fingerprint density at radius 3 is 2.51 bits per heavy atom. The van der Waals surface area contributed by atoms with Gasteiger partial charge in [0, 0.05) is 20.5 Å². The maximum absolute atomic E-state index is 12.7. The van der Waals surface area contributed by atoms with Crippen LogP contribution in [0.25, 0.3) is 0 Å². The maximum atomic E-state index is 12.7. The van der Waals surface area contributed by atoms with E-state index in [2.05, 4.69) is 15.7 Å². The number of carbonyl (C=O) groups is 1. The molecule has 1 aliphatic carbocycles. The highest BCUT2D eigenvalue weighted by Gasteiger charge is 2.26. The van der Waals surface area contributed by atoms with Gasteiger partial charge in [0.15, 0.2) is 5.11 Å². The molecule has 3 aromatic rings. The summed E-state index contributed by atoms with van der Waals surface area (Å²) in [5, 5.41) is 13.5. The van der Waals surface area contributed by atoms with Gasteiger partial charge in [0.05, 0.1) is 36.3 Å². The fourth-order valence-corrected chi connectivity index (χ4v) is 6.51. The monoisotopic (exact) mass is 550 g/mol. The van der Waals surface area contributed by atoms with Gasteiger partial charge in [-0.1, -0.05) is 42.1 Å². The largest absolute Gasteiger partial charge is 0.465 e. The molecule has 0 spiro atoms. The summed E-state index contributed by atoms with van der Waals surface area (Å²) in [7, 11) is 1.42. The van der Waals surface area contributed by atoms with Crippen molar-refractivity contribution in [1.82, 2.24) is 9.78 Å². The smallest absolute Gasteiger partial charge is 0.341 e. The SMILES string of the molecule is COC(=O)c1c(NC(=S)Nc2c(C)nn(Cc3c(Cl)cccc3Cl)c2C)sc2c1CCCCCC2. The number of hydrogen-bond acceptors (Lipinski definition) is 5. The molecule has 6 nitrogen and oxygen atoms in total. The summed E-state index contributed by atoms with van der Waals surface area (Å²) in [6.07, 6.45) is 6.46. The van der Waals surface area contributed by atoms with E-state index in [9.17, 15) is 4.79 Å². The average Bonchev–Trinajstić information content (AvgIpc) is 3.26. The van der Waals surface area contributed by atoms with Gasteiger partial charge in [-0.3, -0.25) is 4.68 Å². The minimum atomic E-state index is -0.329. The number of esters is 1. The summed E-state index contributed by atoms with van der Waals surface area (Å²) in [6.45, 7) is 4.32. The highest BCUT2D eigenvalue weighted by molar-refractivity contribution is 7.80. The molecule has 186 valence electrons. The molecular formula is C25H28Cl2N4O2S2. The third-order valence-electron chi connectivity index (χ3n) is 6.28. The van der Waals surface area contributed by atoms with E-state index in [-0.39, 0.29) is 5.97 Å². The Kier molecular flexibility index (Phi) is 8.37. The van der Waals surface area contributed by atoms with Crippen LogP contribution in [0.3, 0.4) is 0 Å². The number of methoxy groups -OCH3 is 1. The highest BCUT2D eigenvalue weighted by Crippen LogP contribution is 2.38. The normalized spacial score (nSPS) is 13.5. The lowest BCUT2D eigenvalue weighted by atomic mass is 9.96. The Bertz CT molecular complexity index is 1250. The molecule has 0 bridgehead atoms. The molecule has 10 heteroatoms. The summed E-state index contributed by atoms with van der Waals surface area (Å²) >= 11 is 20.0. The Morgan fingerprint density at radius 2 is 1.83 bits per heavy atom. The van der Waals surface area contributed by atoms with Crippen molar-refractivity contribution in [2.45, 2.75) is 58.9 Å². The van der Waals surface area contributed by atoms with Crippen LogP contribution >= 0.6 is 46.8 Å². The number of hydrogen-bond donors (Lipinski definition) is 2. The number of anilines is 2. The molecule has 1 aromatic carbocycles. The van der Waals surface area contributed by atoms with Crippen LogP contribution in [0.2, 0.25) is 10.0 Å². The first-order valence-corrected chi connectivity index (χ1v) is 13.6. The van der Waals surface area contributed by atoms with Crippen LogP contribution < -0.4 is 10.6 Å². The topological polar surface area (TPSA) is 68.2 Å². The number of aromatic nitrogens is 2. The second-order valence-electron chi connectivity index (χ2n) is 8.60. The molecule has 2 aromatic heterocycles. The van der Waals surface area contributed by atoms with Crippen molar-refractivity contribution in [3.63, 3.8) is 0 Å². The average molecular weight is 552 g/mol. The minimum absolute atomic E-state index is 0.329. The van der Waals surface area contributed by atoms with E-state index in [1.165, 1.54) is 24.8 Å². The zero-order chi connectivity index (χ0) is 25.1. The van der Waals surface area contributed by atoms with Crippen LogP contribution in [0, 0.1) is 13.8 Å². The summed E-state index contributed by atoms with van der Waals surface area (Å²) in [5.41, 5.74) is 5.02. The molecule has 1 aliphatic rings. The van der Waals surface area contributed by atoms with Crippen molar-refractivity contribution >= 4 is 68.5 Å². The number of fused-ring (bicyclic) bond motifs is 1. The molecule has 0 unspecified atom stereocenters. The van der Waals surface area contributed by atoms with E-state index in [0.29, 0.717) is 27.3 Å². The first-order valence-electron chi connectivity index (χ1n) is 11.6. The summed E-state index contributed by atoms with van der Waals surface area (Å²) < 4.78 is 6.97. The van der Waals surface area contributed by atoms with Gasteiger partial charge >= 0.3 is 5.97 Å². The van der Waals surface area contributed by atoms with Crippen LogP contribution in [0.1, 0.15) is 63.4 Å². The van der Waals surface area contributed by atoms with Crippen molar-refractivity contribution in [2.24, 2.45) is 0 Å². The molecule has 0 atom stereocenters. The van der Waals surface area contributed by atoms with E-state index < -0.39 is 0 Å². The van der Waals surface area contributed by atoms with Gasteiger partial charge in [-0.05, 0) is 69.4 Å². The number of aryl methyl sites for hydroxylation is 2. The number of benzene rings is 1. The molecule has 0 fully saturated rings. The number of halogens is 2. The molecule has 2 heterocycles. The fourth-order valence-electron chi connectivity index (χ4n) is 4.44. The molecular weight excluding hydrogens is 523 g/mol. The minimum Gasteiger partial charge on any atom is -0.465 e. The number of carbonyl (C=O) groups excluding carboxylic acids is 1. The van der Waals surface area contributed by atoms with Crippen LogP contribution in [0.15, 0.2) is 18.2 Å². The van der Waals surface area contributed by atoms with Crippen molar-refractivity contribution in [3.8, 4) is 0 Å². The zero-order valence-electron chi connectivity index (χ0n) is 20.0. The lowest BCUT2D eigenvalue weighted by molar-refractivity contribution is 0.0601. The van der Waals surface area contributed by atoms with E-state index in [0.717, 1.165) is 58.9 Å². The molecule has 4 rings (SSSR count). The molecule has 0 saturated heterocycles. The predicted molar refractivity (Wildman–Crippen MR) is 149 cm³/mol. The third kappa shape index (κ3) is 5.66. The van der Waals surface area contributed by atoms with Crippen molar-refractivity contribution in [1.29, 1.82) is 0 Å².